The van der Waals surface area contributed by atoms with E-state index in [0.29, 0.717) is 30.1 Å². The van der Waals surface area contributed by atoms with Crippen molar-refractivity contribution in [2.24, 2.45) is 0 Å². The van der Waals surface area contributed by atoms with Crippen LogP contribution in [0.4, 0.5) is 0 Å². The van der Waals surface area contributed by atoms with Gasteiger partial charge in [-0.25, -0.2) is 0 Å². The number of furan rings is 1. The summed E-state index contributed by atoms with van der Waals surface area (Å²) in [6, 6.07) is 11.5. The highest BCUT2D eigenvalue weighted by molar-refractivity contribution is 5.99. The highest BCUT2D eigenvalue weighted by atomic mass is 16.3. The smallest absolute Gasteiger partial charge is 0.257 e. The van der Waals surface area contributed by atoms with E-state index in [9.17, 15) is 4.79 Å². The summed E-state index contributed by atoms with van der Waals surface area (Å²) in [5.41, 5.74) is 1.85. The van der Waals surface area contributed by atoms with Gasteiger partial charge in [-0.3, -0.25) is 14.6 Å². The Kier molecular flexibility index (Phi) is 3.81. The molecule has 0 spiro atoms. The average Bonchev–Trinajstić information content (AvgIpc) is 3.38. The molecule has 7 heteroatoms. The molecule has 4 aromatic rings. The van der Waals surface area contributed by atoms with E-state index in [4.69, 9.17) is 4.42 Å². The van der Waals surface area contributed by atoms with Crippen molar-refractivity contribution in [3.05, 3.63) is 60.6 Å². The minimum Gasteiger partial charge on any atom is -0.454 e. The number of fused-ring (bicyclic) bond motifs is 1. The van der Waals surface area contributed by atoms with Crippen molar-refractivity contribution in [3.8, 4) is 11.5 Å². The molecule has 4 rings (SSSR count). The number of likely N-dealkylation sites (N-methyl/N-ethyl adjacent to an activating group) is 1. The fourth-order valence-electron chi connectivity index (χ4n) is 2.73. The molecular formula is C18H17N5O2. The number of para-hydroxylation sites is 1. The molecule has 0 radical (unpaired) electrons. The quantitative estimate of drug-likeness (QED) is 0.608. The van der Waals surface area contributed by atoms with Gasteiger partial charge in [-0.15, -0.1) is 0 Å². The summed E-state index contributed by atoms with van der Waals surface area (Å²) >= 11 is 0. The average molecular weight is 335 g/mol. The third kappa shape index (κ3) is 2.91. The molecule has 3 heterocycles. The molecular weight excluding hydrogens is 318 g/mol. The number of H-pyrrole nitrogens is 1. The first-order valence-corrected chi connectivity index (χ1v) is 7.97. The highest BCUT2D eigenvalue weighted by Gasteiger charge is 2.21. The molecule has 1 N–H and O–H groups in total. The molecule has 0 saturated carbocycles. The van der Waals surface area contributed by atoms with Gasteiger partial charge < -0.3 is 9.32 Å². The van der Waals surface area contributed by atoms with Gasteiger partial charge in [0.15, 0.2) is 5.76 Å². The van der Waals surface area contributed by atoms with Crippen LogP contribution in [0.15, 0.2) is 59.4 Å². The van der Waals surface area contributed by atoms with Crippen molar-refractivity contribution < 1.29 is 9.21 Å². The van der Waals surface area contributed by atoms with Crippen molar-refractivity contribution >= 4 is 16.9 Å². The van der Waals surface area contributed by atoms with Crippen LogP contribution < -0.4 is 0 Å². The molecule has 1 aromatic carbocycles. The Hall–Kier alpha value is -3.35. The van der Waals surface area contributed by atoms with Gasteiger partial charge in [-0.2, -0.15) is 10.2 Å². The Balaban J connectivity index is 1.56. The van der Waals surface area contributed by atoms with E-state index in [2.05, 4.69) is 15.3 Å². The van der Waals surface area contributed by atoms with Gasteiger partial charge >= 0.3 is 0 Å². The molecule has 7 nitrogen and oxygen atoms in total. The normalized spacial score (nSPS) is 11.1. The Labute approximate surface area is 143 Å². The molecule has 25 heavy (non-hydrogen) atoms. The topological polar surface area (TPSA) is 80.0 Å². The number of aromatic amines is 1. The molecule has 0 aliphatic heterocycles. The molecule has 0 unspecified atom stereocenters. The SMILES string of the molecule is CN(CCn1cccn1)C(=O)c1cn[nH]c1-c1cc2ccccc2o1. The summed E-state index contributed by atoms with van der Waals surface area (Å²) in [5, 5.41) is 12.0. The number of nitrogens with one attached hydrogen (secondary N) is 1. The Morgan fingerprint density at radius 1 is 1.32 bits per heavy atom. The van der Waals surface area contributed by atoms with Gasteiger partial charge in [0.05, 0.1) is 18.3 Å². The van der Waals surface area contributed by atoms with Gasteiger partial charge in [0.25, 0.3) is 5.91 Å². The van der Waals surface area contributed by atoms with E-state index < -0.39 is 0 Å². The Bertz CT molecular complexity index is 967. The van der Waals surface area contributed by atoms with Gasteiger partial charge in [-0.1, -0.05) is 18.2 Å². The monoisotopic (exact) mass is 335 g/mol. The summed E-state index contributed by atoms with van der Waals surface area (Å²) in [4.78, 5) is 14.4. The lowest BCUT2D eigenvalue weighted by atomic mass is 10.1. The van der Waals surface area contributed by atoms with Crippen LogP contribution in [-0.2, 0) is 6.54 Å². The Morgan fingerprint density at radius 3 is 3.00 bits per heavy atom. The maximum Gasteiger partial charge on any atom is 0.257 e. The molecule has 0 saturated heterocycles. The molecule has 0 atom stereocenters. The predicted molar refractivity (Wildman–Crippen MR) is 93.0 cm³/mol. The van der Waals surface area contributed by atoms with Crippen LogP contribution in [0.25, 0.3) is 22.4 Å². The second-order valence-electron chi connectivity index (χ2n) is 5.80. The number of benzene rings is 1. The van der Waals surface area contributed by atoms with Crippen LogP contribution in [0, 0.1) is 0 Å². The number of amides is 1. The zero-order chi connectivity index (χ0) is 17.2. The van der Waals surface area contributed by atoms with Crippen LogP contribution in [0.5, 0.6) is 0 Å². The van der Waals surface area contributed by atoms with E-state index in [-0.39, 0.29) is 5.91 Å². The molecule has 0 aliphatic carbocycles. The van der Waals surface area contributed by atoms with Crippen LogP contribution in [0.1, 0.15) is 10.4 Å². The number of rotatable bonds is 5. The number of carbonyl (C=O) groups excluding carboxylic acids is 1. The fraction of sp³-hybridized carbons (Fsp3) is 0.167. The van der Waals surface area contributed by atoms with E-state index in [0.717, 1.165) is 11.0 Å². The lowest BCUT2D eigenvalue weighted by Gasteiger charge is -2.16. The first kappa shape index (κ1) is 15.2. The zero-order valence-corrected chi connectivity index (χ0v) is 13.7. The summed E-state index contributed by atoms with van der Waals surface area (Å²) in [7, 11) is 1.77. The van der Waals surface area contributed by atoms with E-state index in [1.54, 1.807) is 22.8 Å². The van der Waals surface area contributed by atoms with Crippen LogP contribution in [-0.4, -0.2) is 44.4 Å². The van der Waals surface area contributed by atoms with Crippen LogP contribution in [0.3, 0.4) is 0 Å². The van der Waals surface area contributed by atoms with Gasteiger partial charge in [-0.05, 0) is 18.2 Å². The van der Waals surface area contributed by atoms with Crippen LogP contribution >= 0.6 is 0 Å². The van der Waals surface area contributed by atoms with Crippen molar-refractivity contribution in [1.82, 2.24) is 24.9 Å². The molecule has 1 amide bonds. The minimum atomic E-state index is -0.114. The number of nitrogens with zero attached hydrogens (tertiary/aromatic N) is 4. The van der Waals surface area contributed by atoms with Crippen LogP contribution in [0.2, 0.25) is 0 Å². The Morgan fingerprint density at radius 2 is 2.20 bits per heavy atom. The second-order valence-corrected chi connectivity index (χ2v) is 5.80. The highest BCUT2D eigenvalue weighted by Crippen LogP contribution is 2.28. The first-order valence-electron chi connectivity index (χ1n) is 7.97. The largest absolute Gasteiger partial charge is 0.454 e. The third-order valence-corrected chi connectivity index (χ3v) is 4.11. The van der Waals surface area contributed by atoms with Crippen molar-refractivity contribution in [2.45, 2.75) is 6.54 Å². The van der Waals surface area contributed by atoms with Gasteiger partial charge in [0, 0.05) is 31.4 Å². The minimum absolute atomic E-state index is 0.114. The maximum atomic E-state index is 12.8. The van der Waals surface area contributed by atoms with Gasteiger partial charge in [0.1, 0.15) is 11.3 Å². The molecule has 0 fully saturated rings. The molecule has 0 bridgehead atoms. The molecule has 3 aromatic heterocycles. The third-order valence-electron chi connectivity index (χ3n) is 4.11. The van der Waals surface area contributed by atoms with Crippen molar-refractivity contribution in [2.75, 3.05) is 13.6 Å². The van der Waals surface area contributed by atoms with Gasteiger partial charge in [0.2, 0.25) is 0 Å². The van der Waals surface area contributed by atoms with E-state index >= 15 is 0 Å². The predicted octanol–water partition coefficient (Wildman–Crippen LogP) is 2.79. The molecule has 126 valence electrons. The lowest BCUT2D eigenvalue weighted by molar-refractivity contribution is 0.0789. The summed E-state index contributed by atoms with van der Waals surface area (Å²) in [5.74, 6) is 0.485. The summed E-state index contributed by atoms with van der Waals surface area (Å²) in [6.45, 7) is 1.18. The standard InChI is InChI=1S/C18H17N5O2/c1-22(9-10-23-8-4-7-20-23)18(24)14-12-19-21-17(14)16-11-13-5-2-3-6-15(13)25-16/h2-8,11-12H,9-10H2,1H3,(H,19,21). The molecule has 0 aliphatic rings. The zero-order valence-electron chi connectivity index (χ0n) is 13.7. The number of aromatic nitrogens is 4. The lowest BCUT2D eigenvalue weighted by Crippen LogP contribution is -2.30. The van der Waals surface area contributed by atoms with E-state index in [1.807, 2.05) is 42.6 Å². The number of carbonyl (C=O) groups is 1. The number of hydrogen-bond acceptors (Lipinski definition) is 4. The first-order chi connectivity index (χ1) is 12.2. The second kappa shape index (κ2) is 6.27. The summed E-state index contributed by atoms with van der Waals surface area (Å²) < 4.78 is 7.64. The maximum absolute atomic E-state index is 12.8. The van der Waals surface area contributed by atoms with E-state index in [1.165, 1.54) is 6.20 Å². The van der Waals surface area contributed by atoms with Crippen molar-refractivity contribution in [3.63, 3.8) is 0 Å². The fourth-order valence-corrected chi connectivity index (χ4v) is 2.73. The number of hydrogen-bond donors (Lipinski definition) is 1. The summed E-state index contributed by atoms with van der Waals surface area (Å²) in [6.07, 6.45) is 5.13. The van der Waals surface area contributed by atoms with Crippen molar-refractivity contribution in [1.29, 1.82) is 0 Å².